The van der Waals surface area contributed by atoms with Crippen LogP contribution in [-0.4, -0.2) is 38.5 Å². The first-order valence-electron chi connectivity index (χ1n) is 10.8. The van der Waals surface area contributed by atoms with E-state index < -0.39 is 14.6 Å². The maximum absolute atomic E-state index is 13.4. The number of hydrogen-bond donors (Lipinski definition) is 0. The van der Waals surface area contributed by atoms with Gasteiger partial charge in [-0.05, 0) is 50.1 Å². The minimum absolute atomic E-state index is 0.0706. The molecule has 3 heterocycles. The van der Waals surface area contributed by atoms with E-state index in [4.69, 9.17) is 4.98 Å². The molecule has 0 saturated heterocycles. The predicted octanol–water partition coefficient (Wildman–Crippen LogP) is 3.50. The van der Waals surface area contributed by atoms with Gasteiger partial charge in [0.2, 0.25) is 0 Å². The number of imidazole rings is 1. The quantitative estimate of drug-likeness (QED) is 0.449. The molecule has 0 bridgehead atoms. The molecule has 1 aromatic carbocycles. The highest BCUT2D eigenvalue weighted by Gasteiger charge is 2.33. The van der Waals surface area contributed by atoms with Crippen LogP contribution in [-0.2, 0) is 22.8 Å². The lowest BCUT2D eigenvalue weighted by atomic mass is 9.95. The monoisotopic (exact) mass is 450 g/mol. The largest absolute Gasteiger partial charge is 0.329 e. The highest BCUT2D eigenvalue weighted by molar-refractivity contribution is 7.92. The zero-order chi connectivity index (χ0) is 22.7. The Morgan fingerprint density at radius 1 is 1.09 bits per heavy atom. The molecule has 0 atom stereocenters. The molecule has 0 amide bonds. The van der Waals surface area contributed by atoms with Gasteiger partial charge in [-0.2, -0.15) is 0 Å². The van der Waals surface area contributed by atoms with Crippen molar-refractivity contribution in [3.05, 3.63) is 70.7 Å². The first-order chi connectivity index (χ1) is 15.2. The third-order valence-corrected chi connectivity index (χ3v) is 8.74. The van der Waals surface area contributed by atoms with E-state index in [0.717, 1.165) is 40.2 Å². The van der Waals surface area contributed by atoms with Crippen molar-refractivity contribution < 1.29 is 8.42 Å². The molecule has 5 rings (SSSR count). The molecule has 1 aliphatic carbocycles. The lowest BCUT2D eigenvalue weighted by Gasteiger charge is -2.24. The van der Waals surface area contributed by atoms with Crippen LogP contribution in [0, 0.1) is 0 Å². The van der Waals surface area contributed by atoms with Crippen molar-refractivity contribution in [1.82, 2.24) is 19.1 Å². The molecule has 32 heavy (non-hydrogen) atoms. The smallest absolute Gasteiger partial charge is 0.289 e. The van der Waals surface area contributed by atoms with Gasteiger partial charge in [0.1, 0.15) is 0 Å². The van der Waals surface area contributed by atoms with Crippen molar-refractivity contribution in [3.8, 4) is 0 Å². The first-order valence-corrected chi connectivity index (χ1v) is 12.7. The summed E-state index contributed by atoms with van der Waals surface area (Å²) >= 11 is 0. The van der Waals surface area contributed by atoms with Crippen molar-refractivity contribution in [2.75, 3.05) is 6.26 Å². The fourth-order valence-corrected chi connectivity index (χ4v) is 4.68. The van der Waals surface area contributed by atoms with Gasteiger partial charge in [-0.15, -0.1) is 0 Å². The van der Waals surface area contributed by atoms with Gasteiger partial charge in [-0.3, -0.25) is 19.1 Å². The maximum Gasteiger partial charge on any atom is 0.329 e. The number of sulfone groups is 1. The van der Waals surface area contributed by atoms with Crippen molar-refractivity contribution >= 4 is 31.6 Å². The SMILES string of the molecule is CC(C)(Cc1c(Cn2c(=O)n(C3CC3)c3ccncc32)ncc2ccccc12)S(C)(=O)=O. The minimum Gasteiger partial charge on any atom is -0.289 e. The fraction of sp³-hybridized carbons (Fsp3) is 0.375. The molecule has 3 aromatic heterocycles. The van der Waals surface area contributed by atoms with Crippen LogP contribution in [0.4, 0.5) is 0 Å². The lowest BCUT2D eigenvalue weighted by molar-refractivity contribution is 0.548. The minimum atomic E-state index is -3.31. The third-order valence-electron chi connectivity index (χ3n) is 6.58. The number of rotatable bonds is 6. The zero-order valence-electron chi connectivity index (χ0n) is 18.4. The summed E-state index contributed by atoms with van der Waals surface area (Å²) in [5.74, 6) is 0. The van der Waals surface area contributed by atoms with Crippen LogP contribution < -0.4 is 5.69 Å². The van der Waals surface area contributed by atoms with Gasteiger partial charge in [0, 0.05) is 30.1 Å². The fourth-order valence-electron chi connectivity index (χ4n) is 4.27. The summed E-state index contributed by atoms with van der Waals surface area (Å²) < 4.78 is 27.6. The summed E-state index contributed by atoms with van der Waals surface area (Å²) in [6.45, 7) is 3.74. The summed E-state index contributed by atoms with van der Waals surface area (Å²) in [6, 6.07) is 9.96. The number of benzene rings is 1. The summed E-state index contributed by atoms with van der Waals surface area (Å²) in [5.41, 5.74) is 3.15. The summed E-state index contributed by atoms with van der Waals surface area (Å²) in [5, 5.41) is 1.91. The van der Waals surface area contributed by atoms with E-state index in [1.54, 1.807) is 37.0 Å². The molecule has 4 aromatic rings. The van der Waals surface area contributed by atoms with E-state index >= 15 is 0 Å². The second-order valence-corrected chi connectivity index (χ2v) is 12.0. The van der Waals surface area contributed by atoms with Gasteiger partial charge in [0.15, 0.2) is 9.84 Å². The van der Waals surface area contributed by atoms with Gasteiger partial charge in [0.25, 0.3) is 0 Å². The number of aromatic nitrogens is 4. The molecule has 7 nitrogen and oxygen atoms in total. The van der Waals surface area contributed by atoms with E-state index in [-0.39, 0.29) is 18.3 Å². The van der Waals surface area contributed by atoms with Crippen LogP contribution in [0.3, 0.4) is 0 Å². The molecule has 1 aliphatic rings. The molecule has 1 fully saturated rings. The maximum atomic E-state index is 13.4. The van der Waals surface area contributed by atoms with Crippen LogP contribution in [0.15, 0.2) is 53.7 Å². The number of nitrogens with zero attached hydrogens (tertiary/aromatic N) is 4. The van der Waals surface area contributed by atoms with Gasteiger partial charge >= 0.3 is 5.69 Å². The van der Waals surface area contributed by atoms with Crippen molar-refractivity contribution in [2.24, 2.45) is 0 Å². The van der Waals surface area contributed by atoms with Gasteiger partial charge in [0.05, 0.1) is 34.2 Å². The standard InChI is InChI=1S/C24H26N4O3S/c1-24(2,32(3,30)31)12-19-18-7-5-4-6-16(18)13-26-20(19)15-27-22-14-25-11-10-21(22)28(23(27)29)17-8-9-17/h4-7,10-11,13-14,17H,8-9,12,15H2,1-3H3. The Balaban J connectivity index is 1.70. The normalized spacial score (nSPS) is 15.0. The van der Waals surface area contributed by atoms with Gasteiger partial charge < -0.3 is 0 Å². The summed E-state index contributed by atoms with van der Waals surface area (Å²) in [4.78, 5) is 22.3. The average Bonchev–Trinajstić information content (AvgIpc) is 3.54. The summed E-state index contributed by atoms with van der Waals surface area (Å²) in [6.07, 6.45) is 8.81. The van der Waals surface area contributed by atoms with E-state index in [1.165, 1.54) is 6.26 Å². The molecular weight excluding hydrogens is 424 g/mol. The molecule has 166 valence electrons. The Bertz CT molecular complexity index is 1510. The Labute approximate surface area is 186 Å². The summed E-state index contributed by atoms with van der Waals surface area (Å²) in [7, 11) is -3.31. The molecular formula is C24H26N4O3S. The van der Waals surface area contributed by atoms with E-state index in [9.17, 15) is 13.2 Å². The van der Waals surface area contributed by atoms with Crippen LogP contribution in [0.25, 0.3) is 21.8 Å². The Morgan fingerprint density at radius 2 is 1.84 bits per heavy atom. The molecule has 0 spiro atoms. The Hall–Kier alpha value is -3.00. The number of fused-ring (bicyclic) bond motifs is 2. The molecule has 0 N–H and O–H groups in total. The van der Waals surface area contributed by atoms with E-state index in [1.807, 2.05) is 34.9 Å². The van der Waals surface area contributed by atoms with E-state index in [0.29, 0.717) is 12.1 Å². The third kappa shape index (κ3) is 3.43. The molecule has 0 radical (unpaired) electrons. The lowest BCUT2D eigenvalue weighted by Crippen LogP contribution is -2.34. The zero-order valence-corrected chi connectivity index (χ0v) is 19.3. The van der Waals surface area contributed by atoms with Crippen molar-refractivity contribution in [2.45, 2.75) is 50.4 Å². The molecule has 0 unspecified atom stereocenters. The van der Waals surface area contributed by atoms with E-state index in [2.05, 4.69) is 4.98 Å². The van der Waals surface area contributed by atoms with Crippen LogP contribution >= 0.6 is 0 Å². The Morgan fingerprint density at radius 3 is 2.56 bits per heavy atom. The highest BCUT2D eigenvalue weighted by atomic mass is 32.2. The molecule has 0 aliphatic heterocycles. The topological polar surface area (TPSA) is 86.8 Å². The van der Waals surface area contributed by atoms with Gasteiger partial charge in [-0.1, -0.05) is 24.3 Å². The van der Waals surface area contributed by atoms with Crippen molar-refractivity contribution in [1.29, 1.82) is 0 Å². The Kier molecular flexibility index (Phi) is 4.74. The van der Waals surface area contributed by atoms with Crippen LogP contribution in [0.2, 0.25) is 0 Å². The first kappa shape index (κ1) is 20.9. The van der Waals surface area contributed by atoms with Gasteiger partial charge in [-0.25, -0.2) is 13.2 Å². The average molecular weight is 451 g/mol. The number of hydrogen-bond acceptors (Lipinski definition) is 5. The van der Waals surface area contributed by atoms with Crippen molar-refractivity contribution in [3.63, 3.8) is 0 Å². The second-order valence-electron chi connectivity index (χ2n) is 9.31. The molecule has 1 saturated carbocycles. The van der Waals surface area contributed by atoms with Crippen LogP contribution in [0.1, 0.15) is 44.0 Å². The highest BCUT2D eigenvalue weighted by Crippen LogP contribution is 2.36. The number of pyridine rings is 2. The van der Waals surface area contributed by atoms with Crippen LogP contribution in [0.5, 0.6) is 0 Å². The predicted molar refractivity (Wildman–Crippen MR) is 126 cm³/mol. The second kappa shape index (κ2) is 7.27. The molecule has 8 heteroatoms.